The third kappa shape index (κ3) is 4.51. The van der Waals surface area contributed by atoms with Crippen LogP contribution < -0.4 is 0 Å². The minimum absolute atomic E-state index is 0.331. The smallest absolute Gasteiger partial charge is 0.155 e. The molecule has 0 aromatic carbocycles. The molecule has 0 radical (unpaired) electrons. The summed E-state index contributed by atoms with van der Waals surface area (Å²) in [7, 11) is 0. The van der Waals surface area contributed by atoms with Crippen molar-refractivity contribution in [3.8, 4) is 0 Å². The molecule has 0 saturated carbocycles. The molecule has 0 unspecified atom stereocenters. The molecule has 108 valence electrons. The molecule has 7 heteroatoms. The summed E-state index contributed by atoms with van der Waals surface area (Å²) >= 11 is 0. The Morgan fingerprint density at radius 1 is 0.889 bits per heavy atom. The molecule has 0 aromatic heterocycles. The van der Waals surface area contributed by atoms with Gasteiger partial charge < -0.3 is 0 Å². The van der Waals surface area contributed by atoms with E-state index in [1.165, 1.54) is 19.9 Å². The van der Waals surface area contributed by atoms with Gasteiger partial charge in [-0.3, -0.25) is 0 Å². The minimum Gasteiger partial charge on any atom is -0.155 e. The summed E-state index contributed by atoms with van der Waals surface area (Å²) in [6, 6.07) is 0. The van der Waals surface area contributed by atoms with Crippen LogP contribution in [0.3, 0.4) is 0 Å². The maximum absolute atomic E-state index is 12.6. The maximum atomic E-state index is 12.6. The number of hydrogen-bond acceptors (Lipinski definition) is 1. The van der Waals surface area contributed by atoms with Crippen LogP contribution in [0.1, 0.15) is 34.1 Å². The van der Waals surface area contributed by atoms with Gasteiger partial charge in [0.2, 0.25) is 0 Å². The largest absolute Gasteiger partial charge is 0.467 e. The molecule has 0 fully saturated rings. The summed E-state index contributed by atoms with van der Waals surface area (Å²) in [5.74, 6) is 0. The van der Waals surface area contributed by atoms with Crippen LogP contribution in [0.25, 0.3) is 0 Å². The number of nitrogens with zero attached hydrogens (tertiary/aromatic N) is 1. The molecule has 0 rings (SSSR count). The van der Waals surface area contributed by atoms with E-state index in [0.29, 0.717) is 0 Å². The van der Waals surface area contributed by atoms with Crippen molar-refractivity contribution in [2.24, 2.45) is 5.41 Å². The van der Waals surface area contributed by atoms with E-state index in [-0.39, 0.29) is 6.42 Å². The Morgan fingerprint density at radius 3 is 1.44 bits per heavy atom. The van der Waals surface area contributed by atoms with E-state index >= 15 is 0 Å². The second-order valence-electron chi connectivity index (χ2n) is 5.45. The summed E-state index contributed by atoms with van der Waals surface area (Å²) in [6.45, 7) is 8.32. The summed E-state index contributed by atoms with van der Waals surface area (Å²) in [6.07, 6.45) is -9.93. The van der Waals surface area contributed by atoms with Crippen LogP contribution in [0.15, 0.2) is 12.7 Å². The molecule has 1 nitrogen and oxygen atoms in total. The van der Waals surface area contributed by atoms with Crippen molar-refractivity contribution >= 4 is 0 Å². The van der Waals surface area contributed by atoms with Gasteiger partial charge in [-0.15, -0.1) is 11.5 Å². The van der Waals surface area contributed by atoms with Crippen LogP contribution in [0.2, 0.25) is 0 Å². The van der Waals surface area contributed by atoms with Crippen LogP contribution in [0.5, 0.6) is 0 Å². The highest BCUT2D eigenvalue weighted by molar-refractivity contribution is 4.97. The number of halogens is 6. The van der Waals surface area contributed by atoms with Gasteiger partial charge in [0.1, 0.15) is 0 Å². The SMILES string of the molecule is C=CC(C)(C)CC(C)(C)N(C(F)(F)F)C(F)(F)F. The van der Waals surface area contributed by atoms with Gasteiger partial charge in [0.25, 0.3) is 0 Å². The Hall–Kier alpha value is -0.720. The molecule has 0 saturated heterocycles. The molecular formula is C11H17F6N. The van der Waals surface area contributed by atoms with Gasteiger partial charge in [0.05, 0.1) is 0 Å². The first-order valence-corrected chi connectivity index (χ1v) is 5.21. The zero-order valence-corrected chi connectivity index (χ0v) is 10.7. The zero-order valence-electron chi connectivity index (χ0n) is 10.7. The molecule has 0 amide bonds. The van der Waals surface area contributed by atoms with Crippen LogP contribution in [0.4, 0.5) is 26.3 Å². The Kier molecular flexibility index (Phi) is 4.56. The Balaban J connectivity index is 5.43. The lowest BCUT2D eigenvalue weighted by Crippen LogP contribution is -2.60. The van der Waals surface area contributed by atoms with Crippen molar-refractivity contribution < 1.29 is 26.3 Å². The molecule has 0 aliphatic rings. The van der Waals surface area contributed by atoms with E-state index in [2.05, 4.69) is 6.58 Å². The Labute approximate surface area is 102 Å². The predicted octanol–water partition coefficient (Wildman–Crippen LogP) is 4.71. The molecule has 18 heavy (non-hydrogen) atoms. The molecule has 0 bridgehead atoms. The highest BCUT2D eigenvalue weighted by atomic mass is 19.4. The molecule has 0 aliphatic heterocycles. The van der Waals surface area contributed by atoms with Gasteiger partial charge in [-0.05, 0) is 25.7 Å². The van der Waals surface area contributed by atoms with E-state index in [0.717, 1.165) is 13.8 Å². The van der Waals surface area contributed by atoms with Gasteiger partial charge in [-0.25, -0.2) is 0 Å². The van der Waals surface area contributed by atoms with E-state index in [1.807, 2.05) is 0 Å². The quantitative estimate of drug-likeness (QED) is 0.408. The Bertz CT molecular complexity index is 286. The molecular weight excluding hydrogens is 260 g/mol. The molecule has 0 spiro atoms. The lowest BCUT2D eigenvalue weighted by atomic mass is 9.79. The lowest BCUT2D eigenvalue weighted by molar-refractivity contribution is -0.399. The third-order valence-corrected chi connectivity index (χ3v) is 2.55. The number of allylic oxidation sites excluding steroid dienone is 1. The fraction of sp³-hybridized carbons (Fsp3) is 0.818. The standard InChI is InChI=1S/C11H17F6N/c1-6-8(2,3)7-9(4,5)18(10(12,13)14)11(15,16)17/h6H,1,7H2,2-5H3. The van der Waals surface area contributed by atoms with E-state index in [4.69, 9.17) is 0 Å². The summed E-state index contributed by atoms with van der Waals surface area (Å²) in [5, 5.41) is 0. The normalized spacial score (nSPS) is 15.1. The van der Waals surface area contributed by atoms with Crippen molar-refractivity contribution in [2.75, 3.05) is 0 Å². The molecule has 0 heterocycles. The summed E-state index contributed by atoms with van der Waals surface area (Å²) in [4.78, 5) is -1.36. The van der Waals surface area contributed by atoms with E-state index < -0.39 is 28.5 Å². The first-order chi connectivity index (χ1) is 7.63. The molecule has 0 atom stereocenters. The maximum Gasteiger partial charge on any atom is 0.467 e. The molecule has 0 aromatic rings. The zero-order chi connectivity index (χ0) is 15.0. The van der Waals surface area contributed by atoms with Crippen molar-refractivity contribution in [1.29, 1.82) is 0 Å². The van der Waals surface area contributed by atoms with Gasteiger partial charge >= 0.3 is 12.6 Å². The van der Waals surface area contributed by atoms with Crippen LogP contribution in [-0.4, -0.2) is 23.0 Å². The fourth-order valence-electron chi connectivity index (χ4n) is 2.10. The van der Waals surface area contributed by atoms with Gasteiger partial charge in [0, 0.05) is 5.54 Å². The molecule has 0 aliphatic carbocycles. The monoisotopic (exact) mass is 277 g/mol. The van der Waals surface area contributed by atoms with Crippen LogP contribution in [0, 0.1) is 5.41 Å². The van der Waals surface area contributed by atoms with Crippen molar-refractivity contribution in [2.45, 2.75) is 52.3 Å². The fourth-order valence-corrected chi connectivity index (χ4v) is 2.10. The average Bonchev–Trinajstić information content (AvgIpc) is 1.94. The predicted molar refractivity (Wildman–Crippen MR) is 56.6 cm³/mol. The second-order valence-corrected chi connectivity index (χ2v) is 5.45. The first-order valence-electron chi connectivity index (χ1n) is 5.21. The third-order valence-electron chi connectivity index (χ3n) is 2.55. The second kappa shape index (κ2) is 4.75. The Morgan fingerprint density at radius 2 is 1.22 bits per heavy atom. The van der Waals surface area contributed by atoms with Gasteiger partial charge in [-0.2, -0.15) is 26.3 Å². The minimum atomic E-state index is -5.47. The van der Waals surface area contributed by atoms with Crippen LogP contribution in [-0.2, 0) is 0 Å². The first kappa shape index (κ1) is 17.3. The van der Waals surface area contributed by atoms with E-state index in [1.54, 1.807) is 0 Å². The number of rotatable bonds is 4. The van der Waals surface area contributed by atoms with Crippen LogP contribution >= 0.6 is 0 Å². The van der Waals surface area contributed by atoms with Gasteiger partial charge in [-0.1, -0.05) is 19.9 Å². The summed E-state index contributed by atoms with van der Waals surface area (Å²) in [5.41, 5.74) is -2.95. The highest BCUT2D eigenvalue weighted by Crippen LogP contribution is 2.44. The van der Waals surface area contributed by atoms with Crippen molar-refractivity contribution in [1.82, 2.24) is 4.90 Å². The highest BCUT2D eigenvalue weighted by Gasteiger charge is 2.60. The number of hydrogen-bond donors (Lipinski definition) is 0. The van der Waals surface area contributed by atoms with Crippen molar-refractivity contribution in [3.05, 3.63) is 12.7 Å². The number of alkyl halides is 6. The summed E-state index contributed by atoms with van der Waals surface area (Å²) < 4.78 is 75.4. The lowest BCUT2D eigenvalue weighted by Gasteiger charge is -2.43. The average molecular weight is 277 g/mol. The molecule has 0 N–H and O–H groups in total. The van der Waals surface area contributed by atoms with Gasteiger partial charge in [0.15, 0.2) is 0 Å². The van der Waals surface area contributed by atoms with Crippen molar-refractivity contribution in [3.63, 3.8) is 0 Å². The topological polar surface area (TPSA) is 3.24 Å². The van der Waals surface area contributed by atoms with E-state index in [9.17, 15) is 26.3 Å².